The van der Waals surface area contributed by atoms with Gasteiger partial charge in [-0.05, 0) is 12.8 Å². The molecule has 0 aromatic rings. The van der Waals surface area contributed by atoms with Crippen molar-refractivity contribution >= 4 is 11.9 Å². The average molecular weight is 185 g/mol. The van der Waals surface area contributed by atoms with E-state index in [-0.39, 0.29) is 11.9 Å². The Morgan fingerprint density at radius 3 is 2.15 bits per heavy atom. The van der Waals surface area contributed by atoms with Crippen LogP contribution in [-0.2, 0) is 9.59 Å². The van der Waals surface area contributed by atoms with E-state index in [9.17, 15) is 9.59 Å². The number of nitrogens with one attached hydrogen (secondary N) is 1. The van der Waals surface area contributed by atoms with Crippen LogP contribution in [0.5, 0.6) is 0 Å². The minimum absolute atomic E-state index is 0.0472. The zero-order chi connectivity index (χ0) is 10.4. The quantitative estimate of drug-likeness (QED) is 0.636. The number of carbonyl (C=O) groups excluding carboxylic acids is 1. The molecule has 2 N–H and O–H groups in total. The van der Waals surface area contributed by atoms with Gasteiger partial charge in [0.05, 0.1) is 0 Å². The van der Waals surface area contributed by atoms with Crippen LogP contribution in [0.15, 0.2) is 12.2 Å². The number of aliphatic carboxylic acids is 1. The van der Waals surface area contributed by atoms with Gasteiger partial charge in [0.2, 0.25) is 5.91 Å². The van der Waals surface area contributed by atoms with Crippen LogP contribution in [0.25, 0.3) is 0 Å². The summed E-state index contributed by atoms with van der Waals surface area (Å²) in [5.41, 5.74) is 0. The van der Waals surface area contributed by atoms with Crippen molar-refractivity contribution < 1.29 is 14.7 Å². The fourth-order valence-corrected chi connectivity index (χ4v) is 0.586. The molecule has 0 fully saturated rings. The topological polar surface area (TPSA) is 66.4 Å². The maximum absolute atomic E-state index is 11.0. The van der Waals surface area contributed by atoms with Gasteiger partial charge in [-0.3, -0.25) is 4.79 Å². The number of carboxylic acids is 1. The Balaban J connectivity index is 3.95. The summed E-state index contributed by atoms with van der Waals surface area (Å²) >= 11 is 0. The van der Waals surface area contributed by atoms with Crippen molar-refractivity contribution in [2.75, 3.05) is 0 Å². The first kappa shape index (κ1) is 11.7. The van der Waals surface area contributed by atoms with E-state index in [0.717, 1.165) is 12.2 Å². The van der Waals surface area contributed by atoms with E-state index in [1.807, 2.05) is 20.8 Å². The molecule has 0 aliphatic heterocycles. The van der Waals surface area contributed by atoms with Crippen LogP contribution in [0.4, 0.5) is 0 Å². The monoisotopic (exact) mass is 185 g/mol. The van der Waals surface area contributed by atoms with Crippen molar-refractivity contribution in [3.05, 3.63) is 12.2 Å². The fourth-order valence-electron chi connectivity index (χ4n) is 0.586. The molecular weight excluding hydrogens is 170 g/mol. The third-order valence-electron chi connectivity index (χ3n) is 1.75. The van der Waals surface area contributed by atoms with Gasteiger partial charge in [0.15, 0.2) is 0 Å². The van der Waals surface area contributed by atoms with Gasteiger partial charge in [-0.25, -0.2) is 4.79 Å². The van der Waals surface area contributed by atoms with Gasteiger partial charge in [0, 0.05) is 18.2 Å². The van der Waals surface area contributed by atoms with Crippen LogP contribution in [0.1, 0.15) is 20.8 Å². The maximum Gasteiger partial charge on any atom is 0.328 e. The van der Waals surface area contributed by atoms with E-state index in [0.29, 0.717) is 5.92 Å². The first-order chi connectivity index (χ1) is 5.93. The Labute approximate surface area is 77.6 Å². The van der Waals surface area contributed by atoms with E-state index in [1.54, 1.807) is 0 Å². The van der Waals surface area contributed by atoms with Crippen LogP contribution >= 0.6 is 0 Å². The van der Waals surface area contributed by atoms with Crippen molar-refractivity contribution in [3.63, 3.8) is 0 Å². The van der Waals surface area contributed by atoms with E-state index < -0.39 is 5.97 Å². The lowest BCUT2D eigenvalue weighted by Gasteiger charge is -2.15. The fraction of sp³-hybridized carbons (Fsp3) is 0.556. The molecule has 13 heavy (non-hydrogen) atoms. The second kappa shape index (κ2) is 5.35. The summed E-state index contributed by atoms with van der Waals surface area (Å²) in [6.45, 7) is 5.83. The molecule has 74 valence electrons. The lowest BCUT2D eigenvalue weighted by atomic mass is 10.1. The molecule has 0 saturated heterocycles. The molecule has 1 atom stereocenters. The van der Waals surface area contributed by atoms with Gasteiger partial charge < -0.3 is 10.4 Å². The van der Waals surface area contributed by atoms with Crippen molar-refractivity contribution in [1.29, 1.82) is 0 Å². The molecule has 0 bridgehead atoms. The molecule has 0 aromatic carbocycles. The van der Waals surface area contributed by atoms with Crippen LogP contribution in [0, 0.1) is 5.92 Å². The summed E-state index contributed by atoms with van der Waals surface area (Å²) in [5.74, 6) is -1.15. The zero-order valence-electron chi connectivity index (χ0n) is 8.07. The molecule has 0 aromatic heterocycles. The van der Waals surface area contributed by atoms with Gasteiger partial charge >= 0.3 is 5.97 Å². The van der Waals surface area contributed by atoms with E-state index >= 15 is 0 Å². The molecule has 4 heteroatoms. The summed E-state index contributed by atoms with van der Waals surface area (Å²) in [7, 11) is 0. The van der Waals surface area contributed by atoms with Crippen LogP contribution < -0.4 is 5.32 Å². The SMILES string of the molecule is CC(C)C(C)NC(=O)/C=C\C(=O)O. The third-order valence-corrected chi connectivity index (χ3v) is 1.75. The number of hydrogen-bond acceptors (Lipinski definition) is 2. The molecule has 0 heterocycles. The van der Waals surface area contributed by atoms with Crippen molar-refractivity contribution in [2.45, 2.75) is 26.8 Å². The van der Waals surface area contributed by atoms with E-state index in [2.05, 4.69) is 5.32 Å². The molecule has 4 nitrogen and oxygen atoms in total. The highest BCUT2D eigenvalue weighted by molar-refractivity contribution is 5.93. The molecule has 0 rings (SSSR count). The highest BCUT2D eigenvalue weighted by Gasteiger charge is 2.08. The largest absolute Gasteiger partial charge is 0.478 e. The van der Waals surface area contributed by atoms with Crippen molar-refractivity contribution in [1.82, 2.24) is 5.32 Å². The predicted octanol–water partition coefficient (Wildman–Crippen LogP) is 0.788. The third kappa shape index (κ3) is 5.90. The Morgan fingerprint density at radius 2 is 1.77 bits per heavy atom. The number of carbonyl (C=O) groups is 2. The molecule has 0 radical (unpaired) electrons. The lowest BCUT2D eigenvalue weighted by Crippen LogP contribution is -2.34. The smallest absolute Gasteiger partial charge is 0.328 e. The molecule has 1 unspecified atom stereocenters. The Morgan fingerprint density at radius 1 is 1.23 bits per heavy atom. The van der Waals surface area contributed by atoms with Gasteiger partial charge in [-0.1, -0.05) is 13.8 Å². The Hall–Kier alpha value is -1.32. The molecule has 0 aliphatic carbocycles. The zero-order valence-corrected chi connectivity index (χ0v) is 8.07. The summed E-state index contributed by atoms with van der Waals surface area (Å²) in [4.78, 5) is 21.1. The van der Waals surface area contributed by atoms with E-state index in [4.69, 9.17) is 5.11 Å². The molecule has 0 spiro atoms. The van der Waals surface area contributed by atoms with Crippen LogP contribution in [0.3, 0.4) is 0 Å². The predicted molar refractivity (Wildman–Crippen MR) is 49.2 cm³/mol. The summed E-state index contributed by atoms with van der Waals surface area (Å²) in [6.07, 6.45) is 1.84. The average Bonchev–Trinajstić information content (AvgIpc) is 2.00. The van der Waals surface area contributed by atoms with Crippen LogP contribution in [-0.4, -0.2) is 23.0 Å². The second-order valence-corrected chi connectivity index (χ2v) is 3.21. The second-order valence-electron chi connectivity index (χ2n) is 3.21. The number of rotatable bonds is 4. The molecule has 0 saturated carbocycles. The standard InChI is InChI=1S/C9H15NO3/c1-6(2)7(3)10-8(11)4-5-9(12)13/h4-7H,1-3H3,(H,10,11)(H,12,13)/b5-4-. The van der Waals surface area contributed by atoms with E-state index in [1.165, 1.54) is 0 Å². The number of amides is 1. The molecular formula is C9H15NO3. The van der Waals surface area contributed by atoms with Gasteiger partial charge in [-0.2, -0.15) is 0 Å². The Bertz CT molecular complexity index is 221. The van der Waals surface area contributed by atoms with Gasteiger partial charge in [-0.15, -0.1) is 0 Å². The van der Waals surface area contributed by atoms with Crippen molar-refractivity contribution in [2.24, 2.45) is 5.92 Å². The summed E-state index contributed by atoms with van der Waals surface area (Å²) < 4.78 is 0. The lowest BCUT2D eigenvalue weighted by molar-refractivity contribution is -0.131. The summed E-state index contributed by atoms with van der Waals surface area (Å²) in [6, 6.07) is 0.0472. The number of hydrogen-bond donors (Lipinski definition) is 2. The highest BCUT2D eigenvalue weighted by atomic mass is 16.4. The molecule has 0 aliphatic rings. The highest BCUT2D eigenvalue weighted by Crippen LogP contribution is 1.99. The first-order valence-corrected chi connectivity index (χ1v) is 4.15. The Kier molecular flexibility index (Phi) is 4.80. The minimum atomic E-state index is -1.12. The maximum atomic E-state index is 11.0. The first-order valence-electron chi connectivity index (χ1n) is 4.15. The van der Waals surface area contributed by atoms with Gasteiger partial charge in [0.1, 0.15) is 0 Å². The normalized spacial score (nSPS) is 13.2. The summed E-state index contributed by atoms with van der Waals surface area (Å²) in [5, 5.41) is 10.9. The van der Waals surface area contributed by atoms with Gasteiger partial charge in [0.25, 0.3) is 0 Å². The van der Waals surface area contributed by atoms with Crippen molar-refractivity contribution in [3.8, 4) is 0 Å². The van der Waals surface area contributed by atoms with Crippen LogP contribution in [0.2, 0.25) is 0 Å². The molecule has 1 amide bonds. The minimum Gasteiger partial charge on any atom is -0.478 e. The number of carboxylic acid groups (broad SMARTS) is 1.